The van der Waals surface area contributed by atoms with Crippen LogP contribution in [0.15, 0.2) is 12.1 Å². The third-order valence-corrected chi connectivity index (χ3v) is 2.17. The SMILES string of the molecule is Cc1c(C(=O)O)ccc(O)c1NC(=O)C(F)(F)F. The van der Waals surface area contributed by atoms with Crippen LogP contribution in [0.5, 0.6) is 5.75 Å². The van der Waals surface area contributed by atoms with Crippen molar-refractivity contribution in [2.24, 2.45) is 0 Å². The van der Waals surface area contributed by atoms with Gasteiger partial charge < -0.3 is 15.5 Å². The molecule has 0 heterocycles. The van der Waals surface area contributed by atoms with E-state index in [1.165, 1.54) is 12.2 Å². The molecule has 0 aliphatic rings. The number of halogens is 3. The minimum absolute atomic E-state index is 0.167. The summed E-state index contributed by atoms with van der Waals surface area (Å²) in [4.78, 5) is 21.5. The molecular formula is C10H8F3NO4. The number of aromatic hydroxyl groups is 1. The predicted octanol–water partition coefficient (Wildman–Crippen LogP) is 1.90. The standard InChI is InChI=1S/C10H8F3NO4/c1-4-5(8(16)17)2-3-6(15)7(4)14-9(18)10(11,12)13/h2-3,15H,1H3,(H,14,18)(H,16,17). The summed E-state index contributed by atoms with van der Waals surface area (Å²) in [6.07, 6.45) is -5.13. The molecule has 0 fully saturated rings. The van der Waals surface area contributed by atoms with E-state index in [1.807, 2.05) is 0 Å². The average molecular weight is 263 g/mol. The molecule has 1 aromatic rings. The number of carbonyl (C=O) groups is 2. The van der Waals surface area contributed by atoms with Crippen LogP contribution >= 0.6 is 0 Å². The smallest absolute Gasteiger partial charge is 0.471 e. The molecule has 1 rings (SSSR count). The zero-order valence-corrected chi connectivity index (χ0v) is 9.00. The number of phenols is 1. The fourth-order valence-corrected chi connectivity index (χ4v) is 1.27. The Morgan fingerprint density at radius 3 is 2.28 bits per heavy atom. The Bertz CT molecular complexity index is 511. The molecule has 5 nitrogen and oxygen atoms in total. The van der Waals surface area contributed by atoms with Gasteiger partial charge >= 0.3 is 18.1 Å². The van der Waals surface area contributed by atoms with Crippen molar-refractivity contribution in [3.63, 3.8) is 0 Å². The van der Waals surface area contributed by atoms with E-state index in [0.717, 1.165) is 12.1 Å². The Morgan fingerprint density at radius 2 is 1.83 bits per heavy atom. The number of amides is 1. The molecular weight excluding hydrogens is 255 g/mol. The van der Waals surface area contributed by atoms with E-state index < -0.39 is 29.5 Å². The highest BCUT2D eigenvalue weighted by atomic mass is 19.4. The summed E-state index contributed by atoms with van der Waals surface area (Å²) in [6.45, 7) is 1.18. The highest BCUT2D eigenvalue weighted by molar-refractivity contribution is 5.99. The number of carbonyl (C=O) groups excluding carboxylic acids is 1. The van der Waals surface area contributed by atoms with Gasteiger partial charge in [0.25, 0.3) is 0 Å². The quantitative estimate of drug-likeness (QED) is 0.711. The van der Waals surface area contributed by atoms with Crippen molar-refractivity contribution in [3.05, 3.63) is 23.3 Å². The first kappa shape index (κ1) is 13.8. The van der Waals surface area contributed by atoms with Crippen molar-refractivity contribution in [2.75, 3.05) is 5.32 Å². The number of phenolic OH excluding ortho intramolecular Hbond substituents is 1. The number of benzene rings is 1. The Hall–Kier alpha value is -2.25. The van der Waals surface area contributed by atoms with Crippen LogP contribution in [0, 0.1) is 6.92 Å². The maximum absolute atomic E-state index is 12.0. The van der Waals surface area contributed by atoms with Gasteiger partial charge in [-0.2, -0.15) is 13.2 Å². The Morgan fingerprint density at radius 1 is 1.28 bits per heavy atom. The number of carboxylic acid groups (broad SMARTS) is 1. The van der Waals surface area contributed by atoms with E-state index >= 15 is 0 Å². The van der Waals surface area contributed by atoms with E-state index in [0.29, 0.717) is 0 Å². The van der Waals surface area contributed by atoms with Crippen LogP contribution in [0.4, 0.5) is 18.9 Å². The normalized spacial score (nSPS) is 11.1. The van der Waals surface area contributed by atoms with E-state index in [-0.39, 0.29) is 11.1 Å². The van der Waals surface area contributed by atoms with Gasteiger partial charge in [0.1, 0.15) is 5.75 Å². The van der Waals surface area contributed by atoms with Crippen LogP contribution in [0.1, 0.15) is 15.9 Å². The summed E-state index contributed by atoms with van der Waals surface area (Å²) in [6, 6.07) is 1.92. The molecule has 0 atom stereocenters. The van der Waals surface area contributed by atoms with Crippen molar-refractivity contribution in [2.45, 2.75) is 13.1 Å². The molecule has 8 heteroatoms. The number of nitrogens with one attached hydrogen (secondary N) is 1. The number of carboxylic acids is 1. The number of aromatic carboxylic acids is 1. The largest absolute Gasteiger partial charge is 0.506 e. The summed E-state index contributed by atoms with van der Waals surface area (Å²) in [5.41, 5.74) is -1.05. The van der Waals surface area contributed by atoms with E-state index in [9.17, 15) is 27.9 Å². The second kappa shape index (κ2) is 4.55. The highest BCUT2D eigenvalue weighted by Gasteiger charge is 2.39. The van der Waals surface area contributed by atoms with E-state index in [2.05, 4.69) is 0 Å². The van der Waals surface area contributed by atoms with Crippen LogP contribution in [0.25, 0.3) is 0 Å². The molecule has 0 radical (unpaired) electrons. The third-order valence-electron chi connectivity index (χ3n) is 2.17. The Kier molecular flexibility index (Phi) is 3.49. The Balaban J connectivity index is 3.21. The van der Waals surface area contributed by atoms with Gasteiger partial charge in [0.15, 0.2) is 0 Å². The topological polar surface area (TPSA) is 86.6 Å². The zero-order valence-electron chi connectivity index (χ0n) is 9.00. The number of anilines is 1. The van der Waals surface area contributed by atoms with Gasteiger partial charge in [-0.15, -0.1) is 0 Å². The summed E-state index contributed by atoms with van der Waals surface area (Å²) >= 11 is 0. The summed E-state index contributed by atoms with van der Waals surface area (Å²) in [5, 5.41) is 19.5. The first-order valence-corrected chi connectivity index (χ1v) is 4.58. The fourth-order valence-electron chi connectivity index (χ4n) is 1.27. The van der Waals surface area contributed by atoms with Crippen molar-refractivity contribution in [1.29, 1.82) is 0 Å². The number of alkyl halides is 3. The molecule has 0 saturated heterocycles. The summed E-state index contributed by atoms with van der Waals surface area (Å²) < 4.78 is 36.1. The first-order chi connectivity index (χ1) is 8.14. The van der Waals surface area contributed by atoms with Crippen LogP contribution in [-0.2, 0) is 4.79 Å². The minimum Gasteiger partial charge on any atom is -0.506 e. The lowest BCUT2D eigenvalue weighted by Crippen LogP contribution is -2.30. The number of hydrogen-bond donors (Lipinski definition) is 3. The second-order valence-electron chi connectivity index (χ2n) is 3.39. The second-order valence-corrected chi connectivity index (χ2v) is 3.39. The van der Waals surface area contributed by atoms with Crippen molar-refractivity contribution >= 4 is 17.6 Å². The summed E-state index contributed by atoms with van der Waals surface area (Å²) in [5.74, 6) is -4.31. The maximum atomic E-state index is 12.0. The average Bonchev–Trinajstić information content (AvgIpc) is 2.21. The van der Waals surface area contributed by atoms with Gasteiger partial charge in [0.2, 0.25) is 0 Å². The van der Waals surface area contributed by atoms with Gasteiger partial charge in [0.05, 0.1) is 11.3 Å². The van der Waals surface area contributed by atoms with Gasteiger partial charge in [-0.3, -0.25) is 4.79 Å². The molecule has 1 aromatic carbocycles. The zero-order chi connectivity index (χ0) is 14.1. The molecule has 1 amide bonds. The van der Waals surface area contributed by atoms with Gasteiger partial charge in [-0.1, -0.05) is 0 Å². The minimum atomic E-state index is -5.13. The van der Waals surface area contributed by atoms with E-state index in [1.54, 1.807) is 0 Å². The van der Waals surface area contributed by atoms with Gasteiger partial charge in [0, 0.05) is 0 Å². The summed E-state index contributed by atoms with van der Waals surface area (Å²) in [7, 11) is 0. The van der Waals surface area contributed by atoms with Crippen LogP contribution in [-0.4, -0.2) is 28.3 Å². The highest BCUT2D eigenvalue weighted by Crippen LogP contribution is 2.31. The lowest BCUT2D eigenvalue weighted by Gasteiger charge is -2.13. The van der Waals surface area contributed by atoms with E-state index in [4.69, 9.17) is 5.11 Å². The monoisotopic (exact) mass is 263 g/mol. The molecule has 0 saturated carbocycles. The molecule has 0 aromatic heterocycles. The van der Waals surface area contributed by atoms with Crippen LogP contribution < -0.4 is 5.32 Å². The molecule has 0 unspecified atom stereocenters. The van der Waals surface area contributed by atoms with Crippen LogP contribution in [0.3, 0.4) is 0 Å². The third kappa shape index (κ3) is 2.70. The maximum Gasteiger partial charge on any atom is 0.471 e. The Labute approximate surface area is 98.8 Å². The molecule has 18 heavy (non-hydrogen) atoms. The molecule has 0 aliphatic carbocycles. The number of hydrogen-bond acceptors (Lipinski definition) is 3. The first-order valence-electron chi connectivity index (χ1n) is 4.58. The molecule has 98 valence electrons. The predicted molar refractivity (Wildman–Crippen MR) is 54.5 cm³/mol. The lowest BCUT2D eigenvalue weighted by atomic mass is 10.1. The van der Waals surface area contributed by atoms with Crippen molar-refractivity contribution in [1.82, 2.24) is 0 Å². The van der Waals surface area contributed by atoms with Crippen molar-refractivity contribution < 1.29 is 33.0 Å². The molecule has 3 N–H and O–H groups in total. The van der Waals surface area contributed by atoms with Gasteiger partial charge in [-0.05, 0) is 24.6 Å². The number of rotatable bonds is 2. The molecule has 0 spiro atoms. The van der Waals surface area contributed by atoms with Crippen LogP contribution in [0.2, 0.25) is 0 Å². The fraction of sp³-hybridized carbons (Fsp3) is 0.200. The lowest BCUT2D eigenvalue weighted by molar-refractivity contribution is -0.167. The molecule has 0 bridgehead atoms. The van der Waals surface area contributed by atoms with Gasteiger partial charge in [-0.25, -0.2) is 4.79 Å². The van der Waals surface area contributed by atoms with Crippen molar-refractivity contribution in [3.8, 4) is 5.75 Å². The molecule has 0 aliphatic heterocycles.